The van der Waals surface area contributed by atoms with E-state index in [2.05, 4.69) is 36.1 Å². The van der Waals surface area contributed by atoms with Gasteiger partial charge in [0.1, 0.15) is 5.82 Å². The molecule has 5 nitrogen and oxygen atoms in total. The first-order valence-corrected chi connectivity index (χ1v) is 5.81. The highest BCUT2D eigenvalue weighted by molar-refractivity contribution is 9.10. The summed E-state index contributed by atoms with van der Waals surface area (Å²) in [5.74, 6) is 1.53. The zero-order valence-electron chi connectivity index (χ0n) is 8.65. The van der Waals surface area contributed by atoms with E-state index >= 15 is 0 Å². The highest BCUT2D eigenvalue weighted by atomic mass is 79.9. The summed E-state index contributed by atoms with van der Waals surface area (Å²) >= 11 is 3.36. The van der Waals surface area contributed by atoms with Gasteiger partial charge in [-0.1, -0.05) is 0 Å². The molecule has 0 bridgehead atoms. The van der Waals surface area contributed by atoms with Gasteiger partial charge in [-0.2, -0.15) is 5.10 Å². The van der Waals surface area contributed by atoms with E-state index in [1.807, 2.05) is 6.07 Å². The molecule has 0 aliphatic carbocycles. The van der Waals surface area contributed by atoms with Crippen LogP contribution in [0.2, 0.25) is 0 Å². The number of nitrogens with zero attached hydrogens (tertiary/aromatic N) is 3. The first kappa shape index (κ1) is 11.2. The molecular formula is C10H12BrN5. The monoisotopic (exact) mass is 281 g/mol. The number of H-pyrrole nitrogens is 1. The van der Waals surface area contributed by atoms with Crippen LogP contribution in [-0.4, -0.2) is 26.7 Å². The highest BCUT2D eigenvalue weighted by Gasteiger charge is 2.06. The average molecular weight is 282 g/mol. The Bertz CT molecular complexity index is 468. The number of nitrogens with two attached hydrogens (primary N) is 1. The minimum atomic E-state index is 0.661. The number of aromatic nitrogens is 4. The van der Waals surface area contributed by atoms with Crippen molar-refractivity contribution in [1.82, 2.24) is 20.2 Å². The first-order valence-electron chi connectivity index (χ1n) is 5.02. The predicted molar refractivity (Wildman–Crippen MR) is 64.7 cm³/mol. The lowest BCUT2D eigenvalue weighted by Crippen LogP contribution is -2.01. The number of aryl methyl sites for hydroxylation is 1. The summed E-state index contributed by atoms with van der Waals surface area (Å²) in [6, 6.07) is 1.93. The first-order chi connectivity index (χ1) is 7.79. The molecule has 0 spiro atoms. The van der Waals surface area contributed by atoms with Gasteiger partial charge in [0.2, 0.25) is 0 Å². The maximum atomic E-state index is 5.44. The van der Waals surface area contributed by atoms with E-state index in [0.29, 0.717) is 12.4 Å². The van der Waals surface area contributed by atoms with Gasteiger partial charge < -0.3 is 5.73 Å². The Hall–Kier alpha value is -1.27. The van der Waals surface area contributed by atoms with Gasteiger partial charge in [-0.3, -0.25) is 10.1 Å². The Morgan fingerprint density at radius 2 is 2.25 bits per heavy atom. The van der Waals surface area contributed by atoms with Gasteiger partial charge in [-0.25, -0.2) is 4.98 Å². The second-order valence-electron chi connectivity index (χ2n) is 3.39. The van der Waals surface area contributed by atoms with Crippen LogP contribution in [0, 0.1) is 0 Å². The van der Waals surface area contributed by atoms with Crippen molar-refractivity contribution >= 4 is 15.9 Å². The molecular weight excluding hydrogens is 270 g/mol. The molecule has 0 amide bonds. The Labute approximate surface area is 102 Å². The lowest BCUT2D eigenvalue weighted by molar-refractivity contribution is 0.785. The van der Waals surface area contributed by atoms with Crippen molar-refractivity contribution in [3.05, 3.63) is 28.8 Å². The van der Waals surface area contributed by atoms with Crippen molar-refractivity contribution in [2.45, 2.75) is 12.8 Å². The molecule has 0 fully saturated rings. The van der Waals surface area contributed by atoms with Crippen LogP contribution in [0.15, 0.2) is 22.9 Å². The van der Waals surface area contributed by atoms with Gasteiger partial charge in [0.05, 0.1) is 0 Å². The molecule has 2 heterocycles. The van der Waals surface area contributed by atoms with E-state index in [4.69, 9.17) is 5.73 Å². The van der Waals surface area contributed by atoms with E-state index in [0.717, 1.165) is 28.7 Å². The van der Waals surface area contributed by atoms with Gasteiger partial charge in [-0.15, -0.1) is 0 Å². The van der Waals surface area contributed by atoms with Crippen LogP contribution in [0.4, 0.5) is 0 Å². The molecule has 16 heavy (non-hydrogen) atoms. The van der Waals surface area contributed by atoms with Crippen LogP contribution in [0.5, 0.6) is 0 Å². The summed E-state index contributed by atoms with van der Waals surface area (Å²) in [4.78, 5) is 8.45. The molecule has 0 saturated carbocycles. The maximum Gasteiger partial charge on any atom is 0.182 e. The summed E-state index contributed by atoms with van der Waals surface area (Å²) in [6.45, 7) is 0.661. The van der Waals surface area contributed by atoms with Crippen LogP contribution in [-0.2, 0) is 6.42 Å². The van der Waals surface area contributed by atoms with E-state index in [1.54, 1.807) is 12.4 Å². The zero-order chi connectivity index (χ0) is 11.4. The normalized spacial score (nSPS) is 10.6. The second-order valence-corrected chi connectivity index (χ2v) is 4.31. The molecule has 0 aliphatic heterocycles. The highest BCUT2D eigenvalue weighted by Crippen LogP contribution is 2.18. The molecule has 2 aromatic rings. The van der Waals surface area contributed by atoms with Crippen LogP contribution >= 0.6 is 15.9 Å². The van der Waals surface area contributed by atoms with Gasteiger partial charge in [-0.05, 0) is 35.0 Å². The summed E-state index contributed by atoms with van der Waals surface area (Å²) in [7, 11) is 0. The van der Waals surface area contributed by atoms with E-state index < -0.39 is 0 Å². The number of pyridine rings is 1. The fourth-order valence-corrected chi connectivity index (χ4v) is 1.70. The van der Waals surface area contributed by atoms with Crippen molar-refractivity contribution in [2.24, 2.45) is 5.73 Å². The topological polar surface area (TPSA) is 80.5 Å². The van der Waals surface area contributed by atoms with Crippen LogP contribution in [0.25, 0.3) is 11.4 Å². The summed E-state index contributed by atoms with van der Waals surface area (Å²) in [5.41, 5.74) is 6.33. The fraction of sp³-hybridized carbons (Fsp3) is 0.300. The summed E-state index contributed by atoms with van der Waals surface area (Å²) < 4.78 is 0.915. The van der Waals surface area contributed by atoms with Gasteiger partial charge >= 0.3 is 0 Å². The molecule has 84 valence electrons. The van der Waals surface area contributed by atoms with Crippen molar-refractivity contribution in [1.29, 1.82) is 0 Å². The predicted octanol–water partition coefficient (Wildman–Crippen LogP) is 1.52. The molecule has 6 heteroatoms. The van der Waals surface area contributed by atoms with E-state index in [-0.39, 0.29) is 0 Å². The third-order valence-corrected chi connectivity index (χ3v) is 2.55. The zero-order valence-corrected chi connectivity index (χ0v) is 10.2. The number of nitrogens with one attached hydrogen (secondary N) is 1. The molecule has 0 radical (unpaired) electrons. The molecule has 0 unspecified atom stereocenters. The number of rotatable bonds is 4. The van der Waals surface area contributed by atoms with Crippen molar-refractivity contribution in [3.8, 4) is 11.4 Å². The van der Waals surface area contributed by atoms with Crippen LogP contribution in [0.1, 0.15) is 12.2 Å². The number of hydrogen-bond acceptors (Lipinski definition) is 4. The maximum absolute atomic E-state index is 5.44. The minimum absolute atomic E-state index is 0.661. The SMILES string of the molecule is NCCCc1nc(-c2cncc(Br)c2)n[nH]1. The number of hydrogen-bond donors (Lipinski definition) is 2. The lowest BCUT2D eigenvalue weighted by atomic mass is 10.3. The largest absolute Gasteiger partial charge is 0.330 e. The Morgan fingerprint density at radius 3 is 3.00 bits per heavy atom. The van der Waals surface area contributed by atoms with E-state index in [1.165, 1.54) is 0 Å². The Kier molecular flexibility index (Phi) is 3.63. The quantitative estimate of drug-likeness (QED) is 0.891. The van der Waals surface area contributed by atoms with Gasteiger partial charge in [0, 0.05) is 28.9 Å². The summed E-state index contributed by atoms with van der Waals surface area (Å²) in [5, 5.41) is 7.04. The van der Waals surface area contributed by atoms with Crippen LogP contribution in [0.3, 0.4) is 0 Å². The number of aromatic amines is 1. The van der Waals surface area contributed by atoms with Crippen molar-refractivity contribution in [2.75, 3.05) is 6.54 Å². The Balaban J connectivity index is 2.18. The third kappa shape index (κ3) is 2.65. The van der Waals surface area contributed by atoms with Crippen molar-refractivity contribution in [3.63, 3.8) is 0 Å². The second kappa shape index (κ2) is 5.18. The molecule has 2 rings (SSSR count). The molecule has 0 saturated heterocycles. The Morgan fingerprint density at radius 1 is 1.38 bits per heavy atom. The lowest BCUT2D eigenvalue weighted by Gasteiger charge is -1.94. The molecule has 3 N–H and O–H groups in total. The molecule has 2 aromatic heterocycles. The minimum Gasteiger partial charge on any atom is -0.330 e. The van der Waals surface area contributed by atoms with Crippen molar-refractivity contribution < 1.29 is 0 Å². The molecule has 0 aromatic carbocycles. The fourth-order valence-electron chi connectivity index (χ4n) is 1.34. The molecule has 0 aliphatic rings. The summed E-state index contributed by atoms with van der Waals surface area (Å²) in [6.07, 6.45) is 5.20. The molecule has 0 atom stereocenters. The van der Waals surface area contributed by atoms with Gasteiger partial charge in [0.25, 0.3) is 0 Å². The number of halogens is 1. The van der Waals surface area contributed by atoms with Crippen LogP contribution < -0.4 is 5.73 Å². The smallest absolute Gasteiger partial charge is 0.182 e. The average Bonchev–Trinajstić information content (AvgIpc) is 2.75. The van der Waals surface area contributed by atoms with E-state index in [9.17, 15) is 0 Å². The standard InChI is InChI=1S/C10H12BrN5/c11-8-4-7(5-13-6-8)10-14-9(15-16-10)2-1-3-12/h4-6H,1-3,12H2,(H,14,15,16). The third-order valence-electron chi connectivity index (χ3n) is 2.11. The van der Waals surface area contributed by atoms with Gasteiger partial charge in [0.15, 0.2) is 5.82 Å².